The van der Waals surface area contributed by atoms with Gasteiger partial charge in [-0.15, -0.1) is 0 Å². The SMILES string of the molecule is Cc1ccc(CN(C)C(=O)c2cc(Cl)c3c(c2)OCCO3)o1. The van der Waals surface area contributed by atoms with Crippen LogP contribution in [0.1, 0.15) is 21.9 Å². The van der Waals surface area contributed by atoms with Gasteiger partial charge in [0.15, 0.2) is 11.5 Å². The number of carbonyl (C=O) groups excluding carboxylic acids is 1. The van der Waals surface area contributed by atoms with E-state index in [9.17, 15) is 4.79 Å². The van der Waals surface area contributed by atoms with Crippen LogP contribution >= 0.6 is 11.6 Å². The van der Waals surface area contributed by atoms with E-state index in [-0.39, 0.29) is 5.91 Å². The third kappa shape index (κ3) is 2.90. The quantitative estimate of drug-likeness (QED) is 0.870. The second-order valence-electron chi connectivity index (χ2n) is 5.16. The lowest BCUT2D eigenvalue weighted by atomic mass is 10.1. The molecule has 0 atom stereocenters. The highest BCUT2D eigenvalue weighted by Gasteiger charge is 2.21. The van der Waals surface area contributed by atoms with E-state index in [0.29, 0.717) is 41.8 Å². The zero-order valence-electron chi connectivity index (χ0n) is 12.4. The molecular weight excluding hydrogens is 306 g/mol. The first-order valence-electron chi connectivity index (χ1n) is 6.94. The number of rotatable bonds is 3. The molecule has 6 heteroatoms. The van der Waals surface area contributed by atoms with E-state index >= 15 is 0 Å². The van der Waals surface area contributed by atoms with E-state index in [0.717, 1.165) is 11.5 Å². The van der Waals surface area contributed by atoms with Crippen LogP contribution < -0.4 is 9.47 Å². The van der Waals surface area contributed by atoms with E-state index < -0.39 is 0 Å². The zero-order valence-corrected chi connectivity index (χ0v) is 13.1. The summed E-state index contributed by atoms with van der Waals surface area (Å²) >= 11 is 6.17. The van der Waals surface area contributed by atoms with Gasteiger partial charge in [-0.25, -0.2) is 0 Å². The number of halogens is 1. The summed E-state index contributed by atoms with van der Waals surface area (Å²) in [6, 6.07) is 6.98. The lowest BCUT2D eigenvalue weighted by Gasteiger charge is -2.21. The lowest BCUT2D eigenvalue weighted by Crippen LogP contribution is -2.26. The molecule has 0 fully saturated rings. The van der Waals surface area contributed by atoms with Crippen LogP contribution in [0, 0.1) is 6.92 Å². The summed E-state index contributed by atoms with van der Waals surface area (Å²) in [7, 11) is 1.71. The summed E-state index contributed by atoms with van der Waals surface area (Å²) < 4.78 is 16.4. The maximum Gasteiger partial charge on any atom is 0.254 e. The van der Waals surface area contributed by atoms with E-state index in [1.165, 1.54) is 0 Å². The summed E-state index contributed by atoms with van der Waals surface area (Å²) in [6.45, 7) is 3.16. The van der Waals surface area contributed by atoms with E-state index in [2.05, 4.69) is 0 Å². The van der Waals surface area contributed by atoms with Gasteiger partial charge in [0, 0.05) is 12.6 Å². The monoisotopic (exact) mass is 321 g/mol. The minimum atomic E-state index is -0.159. The van der Waals surface area contributed by atoms with Crippen LogP contribution in [0.3, 0.4) is 0 Å². The van der Waals surface area contributed by atoms with Gasteiger partial charge in [-0.05, 0) is 31.2 Å². The Morgan fingerprint density at radius 1 is 1.27 bits per heavy atom. The summed E-state index contributed by atoms with van der Waals surface area (Å²) in [6.07, 6.45) is 0. The number of ether oxygens (including phenoxy) is 2. The fourth-order valence-electron chi connectivity index (χ4n) is 2.33. The molecule has 0 spiro atoms. The highest BCUT2D eigenvalue weighted by molar-refractivity contribution is 6.32. The number of furan rings is 1. The van der Waals surface area contributed by atoms with Crippen molar-refractivity contribution in [2.24, 2.45) is 0 Å². The number of aryl methyl sites for hydroxylation is 1. The highest BCUT2D eigenvalue weighted by Crippen LogP contribution is 2.38. The first-order chi connectivity index (χ1) is 10.5. The van der Waals surface area contributed by atoms with Crippen LogP contribution in [0.15, 0.2) is 28.7 Å². The second kappa shape index (κ2) is 5.93. The number of fused-ring (bicyclic) bond motifs is 1. The van der Waals surface area contributed by atoms with Crippen molar-refractivity contribution in [1.29, 1.82) is 0 Å². The molecule has 22 heavy (non-hydrogen) atoms. The Morgan fingerprint density at radius 3 is 2.77 bits per heavy atom. The molecular formula is C16H16ClNO4. The van der Waals surface area contributed by atoms with Crippen LogP contribution in [0.5, 0.6) is 11.5 Å². The van der Waals surface area contributed by atoms with Gasteiger partial charge in [0.05, 0.1) is 11.6 Å². The molecule has 2 aromatic rings. The Balaban J connectivity index is 1.80. The first-order valence-corrected chi connectivity index (χ1v) is 7.32. The Bertz CT molecular complexity index is 710. The van der Waals surface area contributed by atoms with Crippen LogP contribution in [-0.4, -0.2) is 31.1 Å². The van der Waals surface area contributed by atoms with Gasteiger partial charge in [0.1, 0.15) is 24.7 Å². The van der Waals surface area contributed by atoms with E-state index in [1.807, 2.05) is 19.1 Å². The molecule has 0 aliphatic carbocycles. The maximum atomic E-state index is 12.5. The van der Waals surface area contributed by atoms with Gasteiger partial charge in [0.25, 0.3) is 5.91 Å². The van der Waals surface area contributed by atoms with E-state index in [1.54, 1.807) is 24.1 Å². The topological polar surface area (TPSA) is 51.9 Å². The molecule has 5 nitrogen and oxygen atoms in total. The standard InChI is InChI=1S/C16H16ClNO4/c1-10-3-4-12(22-10)9-18(2)16(19)11-7-13(17)15-14(8-11)20-5-6-21-15/h3-4,7-8H,5-6,9H2,1-2H3. The fourth-order valence-corrected chi connectivity index (χ4v) is 2.60. The summed E-state index contributed by atoms with van der Waals surface area (Å²) in [5.41, 5.74) is 0.458. The van der Waals surface area contributed by atoms with Gasteiger partial charge in [-0.1, -0.05) is 11.6 Å². The van der Waals surface area contributed by atoms with Gasteiger partial charge in [0.2, 0.25) is 0 Å². The van der Waals surface area contributed by atoms with Gasteiger partial charge in [-0.3, -0.25) is 4.79 Å². The number of hydrogen-bond acceptors (Lipinski definition) is 4. The van der Waals surface area contributed by atoms with Crippen molar-refractivity contribution < 1.29 is 18.7 Å². The highest BCUT2D eigenvalue weighted by atomic mass is 35.5. The maximum absolute atomic E-state index is 12.5. The van der Waals surface area contributed by atoms with Crippen molar-refractivity contribution in [3.05, 3.63) is 46.4 Å². The molecule has 2 heterocycles. The number of amides is 1. The molecule has 116 valence electrons. The number of nitrogens with zero attached hydrogens (tertiary/aromatic N) is 1. The Hall–Kier alpha value is -2.14. The van der Waals surface area contributed by atoms with Gasteiger partial charge < -0.3 is 18.8 Å². The minimum Gasteiger partial charge on any atom is -0.486 e. The number of carbonyl (C=O) groups is 1. The van der Waals surface area contributed by atoms with Crippen LogP contribution in [0.25, 0.3) is 0 Å². The molecule has 0 N–H and O–H groups in total. The molecule has 1 aromatic carbocycles. The molecule has 1 aliphatic rings. The molecule has 3 rings (SSSR count). The summed E-state index contributed by atoms with van der Waals surface area (Å²) in [5, 5.41) is 0.378. The van der Waals surface area contributed by atoms with E-state index in [4.69, 9.17) is 25.5 Å². The third-order valence-corrected chi connectivity index (χ3v) is 3.66. The fraction of sp³-hybridized carbons (Fsp3) is 0.312. The molecule has 0 saturated heterocycles. The molecule has 1 amide bonds. The first kappa shape index (κ1) is 14.8. The van der Waals surface area contributed by atoms with Crippen molar-refractivity contribution in [2.75, 3.05) is 20.3 Å². The number of hydrogen-bond donors (Lipinski definition) is 0. The van der Waals surface area contributed by atoms with Crippen molar-refractivity contribution in [2.45, 2.75) is 13.5 Å². The average Bonchev–Trinajstić information content (AvgIpc) is 2.91. The van der Waals surface area contributed by atoms with Crippen LogP contribution in [-0.2, 0) is 6.54 Å². The zero-order chi connectivity index (χ0) is 15.7. The molecule has 1 aromatic heterocycles. The molecule has 0 unspecified atom stereocenters. The normalized spacial score (nSPS) is 13.0. The molecule has 0 saturated carbocycles. The minimum absolute atomic E-state index is 0.159. The Kier molecular flexibility index (Phi) is 3.98. The predicted octanol–water partition coefficient (Wildman–Crippen LogP) is 3.28. The van der Waals surface area contributed by atoms with Gasteiger partial charge in [-0.2, -0.15) is 0 Å². The molecule has 0 radical (unpaired) electrons. The Morgan fingerprint density at radius 2 is 2.05 bits per heavy atom. The Labute approximate surface area is 133 Å². The summed E-state index contributed by atoms with van der Waals surface area (Å²) in [4.78, 5) is 14.1. The number of benzene rings is 1. The molecule has 1 aliphatic heterocycles. The van der Waals surface area contributed by atoms with Crippen molar-refractivity contribution in [3.8, 4) is 11.5 Å². The van der Waals surface area contributed by atoms with Crippen molar-refractivity contribution >= 4 is 17.5 Å². The smallest absolute Gasteiger partial charge is 0.254 e. The second-order valence-corrected chi connectivity index (χ2v) is 5.56. The lowest BCUT2D eigenvalue weighted by molar-refractivity contribution is 0.0774. The van der Waals surface area contributed by atoms with Crippen molar-refractivity contribution in [3.63, 3.8) is 0 Å². The van der Waals surface area contributed by atoms with Gasteiger partial charge >= 0.3 is 0 Å². The molecule has 0 bridgehead atoms. The third-order valence-electron chi connectivity index (χ3n) is 3.38. The van der Waals surface area contributed by atoms with Crippen LogP contribution in [0.4, 0.5) is 0 Å². The van der Waals surface area contributed by atoms with Crippen LogP contribution in [0.2, 0.25) is 5.02 Å². The largest absolute Gasteiger partial charge is 0.486 e. The average molecular weight is 322 g/mol. The van der Waals surface area contributed by atoms with Crippen molar-refractivity contribution in [1.82, 2.24) is 4.90 Å². The predicted molar refractivity (Wildman–Crippen MR) is 81.7 cm³/mol. The summed E-state index contributed by atoms with van der Waals surface area (Å²) in [5.74, 6) is 2.39.